The second-order valence-electron chi connectivity index (χ2n) is 7.49. The molecule has 3 aliphatic rings. The molecule has 2 fully saturated rings. The molecule has 0 radical (unpaired) electrons. The molecule has 0 amide bonds. The molecule has 0 aromatic carbocycles. The molecular formula is C20H24O7. The summed E-state index contributed by atoms with van der Waals surface area (Å²) < 4.78 is 21.7. The van der Waals surface area contributed by atoms with Gasteiger partial charge in [0.05, 0.1) is 24.7 Å². The Morgan fingerprint density at radius 1 is 1.37 bits per heavy atom. The van der Waals surface area contributed by atoms with Crippen LogP contribution in [0.2, 0.25) is 0 Å². The smallest absolute Gasteiger partial charge is 0.334 e. The monoisotopic (exact) mass is 376 g/mol. The summed E-state index contributed by atoms with van der Waals surface area (Å²) in [5.41, 5.74) is 0.361. The van der Waals surface area contributed by atoms with Crippen LogP contribution < -0.4 is 0 Å². The maximum absolute atomic E-state index is 12.2. The highest BCUT2D eigenvalue weighted by Gasteiger charge is 2.57. The molecular weight excluding hydrogens is 352 g/mol. The highest BCUT2D eigenvalue weighted by atomic mass is 16.6. The van der Waals surface area contributed by atoms with Crippen LogP contribution in [0.1, 0.15) is 33.1 Å². The van der Waals surface area contributed by atoms with Gasteiger partial charge in [-0.3, -0.25) is 0 Å². The molecule has 0 bridgehead atoms. The summed E-state index contributed by atoms with van der Waals surface area (Å²) in [7, 11) is 1.30. The molecule has 146 valence electrons. The molecule has 3 rings (SSSR count). The summed E-state index contributed by atoms with van der Waals surface area (Å²) in [6.07, 6.45) is 1.51. The van der Waals surface area contributed by atoms with Crippen molar-refractivity contribution < 1.29 is 33.3 Å². The molecule has 1 aliphatic carbocycles. The Morgan fingerprint density at radius 3 is 2.70 bits per heavy atom. The largest absolute Gasteiger partial charge is 0.466 e. The van der Waals surface area contributed by atoms with Gasteiger partial charge in [0, 0.05) is 23.1 Å². The molecule has 2 heterocycles. The Kier molecular flexibility index (Phi) is 4.99. The Morgan fingerprint density at radius 2 is 2.07 bits per heavy atom. The molecule has 7 heteroatoms. The molecule has 2 saturated heterocycles. The zero-order chi connectivity index (χ0) is 19.9. The van der Waals surface area contributed by atoms with Crippen molar-refractivity contribution in [2.45, 2.75) is 57.0 Å². The van der Waals surface area contributed by atoms with Crippen molar-refractivity contribution in [2.24, 2.45) is 5.92 Å². The Bertz CT molecular complexity index is 749. The van der Waals surface area contributed by atoms with Crippen molar-refractivity contribution in [3.63, 3.8) is 0 Å². The first-order chi connectivity index (χ1) is 12.7. The van der Waals surface area contributed by atoms with Crippen LogP contribution >= 0.6 is 0 Å². The lowest BCUT2D eigenvalue weighted by atomic mass is 9.82. The van der Waals surface area contributed by atoms with E-state index >= 15 is 0 Å². The maximum atomic E-state index is 12.2. The van der Waals surface area contributed by atoms with E-state index in [1.807, 2.05) is 6.92 Å². The number of epoxide rings is 1. The molecule has 0 aromatic heterocycles. The molecule has 0 saturated carbocycles. The van der Waals surface area contributed by atoms with Gasteiger partial charge in [-0.25, -0.2) is 14.4 Å². The van der Waals surface area contributed by atoms with Gasteiger partial charge in [0.2, 0.25) is 0 Å². The van der Waals surface area contributed by atoms with Gasteiger partial charge in [0.25, 0.3) is 0 Å². The van der Waals surface area contributed by atoms with Gasteiger partial charge < -0.3 is 18.9 Å². The lowest BCUT2D eigenvalue weighted by Gasteiger charge is -2.28. The van der Waals surface area contributed by atoms with E-state index in [9.17, 15) is 14.4 Å². The Balaban J connectivity index is 2.00. The zero-order valence-electron chi connectivity index (χ0n) is 15.8. The Hall–Kier alpha value is -2.41. The standard InChI is InChI=1S/C20H24O7/c1-10(2)17(21)26-14-9-20(4)15(27-20)7-6-12(19(23)24-5)8-13-16(14)11(3)18(22)25-13/h8,13-16H,1,3,6-7,9H2,2,4-5H3/b12-8+/t13-,14-,15-,16+,20-/m1/s1. The second-order valence-corrected chi connectivity index (χ2v) is 7.49. The quantitative estimate of drug-likeness (QED) is 0.322. The summed E-state index contributed by atoms with van der Waals surface area (Å²) >= 11 is 0. The van der Waals surface area contributed by atoms with Gasteiger partial charge in [-0.2, -0.15) is 0 Å². The SMILES string of the molecule is C=C(C)C(=O)O[C@@H]1C[C@@]2(C)O[C@@H]2CC/C(C(=O)OC)=C\[C@H]2OC(=O)C(=C)[C@@H]21. The van der Waals surface area contributed by atoms with Crippen LogP contribution in [0.3, 0.4) is 0 Å². The van der Waals surface area contributed by atoms with Crippen LogP contribution in [-0.4, -0.2) is 48.9 Å². The van der Waals surface area contributed by atoms with Crippen molar-refractivity contribution in [3.8, 4) is 0 Å². The first kappa shape index (κ1) is 19.4. The van der Waals surface area contributed by atoms with Crippen molar-refractivity contribution in [1.82, 2.24) is 0 Å². The number of esters is 3. The van der Waals surface area contributed by atoms with E-state index < -0.39 is 41.6 Å². The van der Waals surface area contributed by atoms with Gasteiger partial charge in [0.1, 0.15) is 12.2 Å². The molecule has 2 aliphatic heterocycles. The first-order valence-electron chi connectivity index (χ1n) is 8.89. The number of hydrogen-bond acceptors (Lipinski definition) is 7. The molecule has 0 unspecified atom stereocenters. The predicted molar refractivity (Wildman–Crippen MR) is 94.4 cm³/mol. The van der Waals surface area contributed by atoms with Crippen LogP contribution in [0.25, 0.3) is 0 Å². The molecule has 0 spiro atoms. The number of rotatable bonds is 3. The minimum Gasteiger partial charge on any atom is -0.466 e. The normalized spacial score (nSPS) is 37.1. The van der Waals surface area contributed by atoms with Gasteiger partial charge in [-0.1, -0.05) is 13.2 Å². The van der Waals surface area contributed by atoms with Crippen molar-refractivity contribution in [1.29, 1.82) is 0 Å². The van der Waals surface area contributed by atoms with Crippen molar-refractivity contribution in [3.05, 3.63) is 36.0 Å². The number of fused-ring (bicyclic) bond motifs is 2. The fourth-order valence-corrected chi connectivity index (χ4v) is 3.76. The highest BCUT2D eigenvalue weighted by Crippen LogP contribution is 2.48. The molecule has 5 atom stereocenters. The number of carbonyl (C=O) groups excluding carboxylic acids is 3. The van der Waals surface area contributed by atoms with Gasteiger partial charge in [0.15, 0.2) is 0 Å². The van der Waals surface area contributed by atoms with Gasteiger partial charge >= 0.3 is 17.9 Å². The number of ether oxygens (including phenoxy) is 4. The maximum Gasteiger partial charge on any atom is 0.334 e. The molecule has 0 N–H and O–H groups in total. The van der Waals surface area contributed by atoms with E-state index in [1.165, 1.54) is 7.11 Å². The predicted octanol–water partition coefficient (Wildman–Crippen LogP) is 2.01. The van der Waals surface area contributed by atoms with Crippen molar-refractivity contribution in [2.75, 3.05) is 7.11 Å². The average Bonchev–Trinajstić information content (AvgIpc) is 3.16. The minimum atomic E-state index is -0.763. The van der Waals surface area contributed by atoms with E-state index in [0.29, 0.717) is 24.8 Å². The van der Waals surface area contributed by atoms with E-state index in [2.05, 4.69) is 13.2 Å². The highest BCUT2D eigenvalue weighted by molar-refractivity contribution is 5.93. The summed E-state index contributed by atoms with van der Waals surface area (Å²) in [6, 6.07) is 0. The van der Waals surface area contributed by atoms with E-state index in [1.54, 1.807) is 13.0 Å². The van der Waals surface area contributed by atoms with E-state index in [4.69, 9.17) is 18.9 Å². The van der Waals surface area contributed by atoms with Gasteiger partial charge in [-0.15, -0.1) is 0 Å². The summed E-state index contributed by atoms with van der Waals surface area (Å²) in [6.45, 7) is 10.9. The van der Waals surface area contributed by atoms with Crippen LogP contribution in [0.5, 0.6) is 0 Å². The van der Waals surface area contributed by atoms with Crippen LogP contribution in [0, 0.1) is 5.92 Å². The fourth-order valence-electron chi connectivity index (χ4n) is 3.76. The van der Waals surface area contributed by atoms with E-state index in [-0.39, 0.29) is 17.3 Å². The Labute approximate surface area is 158 Å². The van der Waals surface area contributed by atoms with Crippen LogP contribution in [-0.2, 0) is 33.3 Å². The third-order valence-electron chi connectivity index (χ3n) is 5.40. The zero-order valence-corrected chi connectivity index (χ0v) is 15.8. The van der Waals surface area contributed by atoms with Crippen LogP contribution in [0.15, 0.2) is 36.0 Å². The second kappa shape index (κ2) is 6.96. The third kappa shape index (κ3) is 3.69. The summed E-state index contributed by atoms with van der Waals surface area (Å²) in [5.74, 6) is -2.22. The first-order valence-corrected chi connectivity index (χ1v) is 8.89. The molecule has 0 aromatic rings. The summed E-state index contributed by atoms with van der Waals surface area (Å²) in [5, 5.41) is 0. The summed E-state index contributed by atoms with van der Waals surface area (Å²) in [4.78, 5) is 36.5. The molecule has 7 nitrogen and oxygen atoms in total. The van der Waals surface area contributed by atoms with Crippen LogP contribution in [0.4, 0.5) is 0 Å². The lowest BCUT2D eigenvalue weighted by Crippen LogP contribution is -2.37. The third-order valence-corrected chi connectivity index (χ3v) is 5.40. The van der Waals surface area contributed by atoms with Gasteiger partial charge in [-0.05, 0) is 32.8 Å². The fraction of sp³-hybridized carbons (Fsp3) is 0.550. The minimum absolute atomic E-state index is 0.0700. The number of carbonyl (C=O) groups is 3. The number of methoxy groups -OCH3 is 1. The van der Waals surface area contributed by atoms with E-state index in [0.717, 1.165) is 0 Å². The van der Waals surface area contributed by atoms with Crippen molar-refractivity contribution >= 4 is 17.9 Å². The number of hydrogen-bond donors (Lipinski definition) is 0. The average molecular weight is 376 g/mol. The topological polar surface area (TPSA) is 91.4 Å². The lowest BCUT2D eigenvalue weighted by molar-refractivity contribution is -0.148. The molecule has 27 heavy (non-hydrogen) atoms.